The molecule has 0 amide bonds. The third kappa shape index (κ3) is 10.9. The molecule has 1 unspecified atom stereocenters. The van der Waals surface area contributed by atoms with Crippen molar-refractivity contribution in [2.24, 2.45) is 0 Å². The Balaban J connectivity index is 0. The van der Waals surface area contributed by atoms with Gasteiger partial charge in [0.25, 0.3) is 0 Å². The summed E-state index contributed by atoms with van der Waals surface area (Å²) >= 11 is 0. The molecule has 0 aliphatic carbocycles. The lowest BCUT2D eigenvalue weighted by atomic mass is 11.8. The lowest BCUT2D eigenvalue weighted by molar-refractivity contribution is 0.651. The van der Waals surface area contributed by atoms with Crippen LogP contribution >= 0.6 is 21.9 Å². The Hall–Kier alpha value is 0.897. The molecule has 0 saturated carbocycles. The number of hydrogen-bond donors (Lipinski definition) is 0. The Morgan fingerprint density at radius 3 is 1.43 bits per heavy atom. The molecule has 1 atom stereocenters. The van der Waals surface area contributed by atoms with E-state index in [1.807, 2.05) is 0 Å². The SMILES string of the molecule is C[Si](C)(C)OP.Cl. The first-order valence-electron chi connectivity index (χ1n) is 1.94. The van der Waals surface area contributed by atoms with Crippen molar-refractivity contribution < 1.29 is 4.21 Å². The molecule has 7 heavy (non-hydrogen) atoms. The van der Waals surface area contributed by atoms with Crippen molar-refractivity contribution in [3.8, 4) is 0 Å². The van der Waals surface area contributed by atoms with E-state index in [2.05, 4.69) is 29.1 Å². The predicted octanol–water partition coefficient (Wildman–Crippen LogP) is 2.05. The molecule has 0 radical (unpaired) electrons. The topological polar surface area (TPSA) is 9.23 Å². The molecule has 0 aliphatic heterocycles. The van der Waals surface area contributed by atoms with Crippen molar-refractivity contribution >= 4 is 30.2 Å². The van der Waals surface area contributed by atoms with Gasteiger partial charge in [-0.3, -0.25) is 0 Å². The average Bonchev–Trinajstić information content (AvgIpc) is 1.35. The molecule has 1 nitrogen and oxygen atoms in total. The molecule has 46 valence electrons. The molecule has 0 saturated heterocycles. The zero-order valence-corrected chi connectivity index (χ0v) is 7.87. The molecule has 4 heteroatoms. The molecular weight excluding hydrogens is 147 g/mol. The van der Waals surface area contributed by atoms with Crippen molar-refractivity contribution in [1.82, 2.24) is 0 Å². The maximum absolute atomic E-state index is 4.99. The summed E-state index contributed by atoms with van der Waals surface area (Å²) in [7, 11) is 1.12. The summed E-state index contributed by atoms with van der Waals surface area (Å²) in [6, 6.07) is 0. The van der Waals surface area contributed by atoms with Crippen LogP contribution in [0.15, 0.2) is 0 Å². The summed E-state index contributed by atoms with van der Waals surface area (Å²) < 4.78 is 4.99. The van der Waals surface area contributed by atoms with Crippen LogP contribution in [0.25, 0.3) is 0 Å². The highest BCUT2D eigenvalue weighted by molar-refractivity contribution is 7.14. The average molecular weight is 159 g/mol. The fraction of sp³-hybridized carbons (Fsp3) is 1.00. The first kappa shape index (κ1) is 10.8. The molecular formula is C3H12ClOPSi. The van der Waals surface area contributed by atoms with Gasteiger partial charge in [-0.25, -0.2) is 0 Å². The largest absolute Gasteiger partial charge is 0.401 e. The lowest BCUT2D eigenvalue weighted by Gasteiger charge is -2.10. The summed E-state index contributed by atoms with van der Waals surface area (Å²) in [4.78, 5) is 0. The normalized spacial score (nSPS) is 10.3. The maximum atomic E-state index is 4.99. The van der Waals surface area contributed by atoms with Gasteiger partial charge in [-0.1, -0.05) is 0 Å². The van der Waals surface area contributed by atoms with Gasteiger partial charge >= 0.3 is 0 Å². The van der Waals surface area contributed by atoms with Gasteiger partial charge in [0.1, 0.15) is 0 Å². The molecule has 0 bridgehead atoms. The minimum atomic E-state index is -1.17. The van der Waals surface area contributed by atoms with E-state index in [1.165, 1.54) is 0 Å². The van der Waals surface area contributed by atoms with Gasteiger partial charge in [0.2, 0.25) is 0 Å². The van der Waals surface area contributed by atoms with E-state index >= 15 is 0 Å². The summed E-state index contributed by atoms with van der Waals surface area (Å²) in [5.41, 5.74) is 0. The zero-order chi connectivity index (χ0) is 5.21. The summed E-state index contributed by atoms with van der Waals surface area (Å²) in [5, 5.41) is 0. The number of halogens is 1. The lowest BCUT2D eigenvalue weighted by Crippen LogP contribution is -2.19. The van der Waals surface area contributed by atoms with Crippen LogP contribution < -0.4 is 0 Å². The Kier molecular flexibility index (Phi) is 5.93. The summed E-state index contributed by atoms with van der Waals surface area (Å²) in [6.07, 6.45) is 0. The van der Waals surface area contributed by atoms with Crippen LogP contribution in [-0.4, -0.2) is 8.32 Å². The quantitative estimate of drug-likeness (QED) is 0.419. The van der Waals surface area contributed by atoms with Crippen molar-refractivity contribution in [1.29, 1.82) is 0 Å². The van der Waals surface area contributed by atoms with E-state index in [4.69, 9.17) is 4.21 Å². The molecule has 0 aromatic rings. The zero-order valence-electron chi connectivity index (χ0n) is 4.89. The van der Waals surface area contributed by atoms with Crippen LogP contribution in [0.2, 0.25) is 19.6 Å². The molecule has 0 heterocycles. The first-order valence-corrected chi connectivity index (χ1v) is 5.82. The molecule has 0 fully saturated rings. The highest BCUT2D eigenvalue weighted by Gasteiger charge is 2.09. The van der Waals surface area contributed by atoms with Crippen LogP contribution in [0.3, 0.4) is 0 Å². The molecule has 0 aromatic heterocycles. The highest BCUT2D eigenvalue weighted by Crippen LogP contribution is 2.05. The van der Waals surface area contributed by atoms with Gasteiger partial charge in [-0.15, -0.1) is 12.4 Å². The van der Waals surface area contributed by atoms with Crippen molar-refractivity contribution in [3.63, 3.8) is 0 Å². The second-order valence-corrected chi connectivity index (χ2v) is 7.40. The maximum Gasteiger partial charge on any atom is 0.188 e. The molecule has 0 spiro atoms. The second-order valence-electron chi connectivity index (χ2n) is 2.23. The monoisotopic (exact) mass is 158 g/mol. The standard InChI is InChI=1S/C3H11OPSi.ClH/c1-6(2,3)4-5;/h5H2,1-3H3;1H. The highest BCUT2D eigenvalue weighted by atomic mass is 35.5. The van der Waals surface area contributed by atoms with Crippen molar-refractivity contribution in [2.75, 3.05) is 0 Å². The van der Waals surface area contributed by atoms with Gasteiger partial charge in [-0.05, 0) is 29.1 Å². The smallest absolute Gasteiger partial charge is 0.188 e. The van der Waals surface area contributed by atoms with Crippen LogP contribution in [0.5, 0.6) is 0 Å². The fourth-order valence-electron chi connectivity index (χ4n) is 0. The molecule has 0 rings (SSSR count). The van der Waals surface area contributed by atoms with E-state index in [-0.39, 0.29) is 12.4 Å². The molecule has 0 N–H and O–H groups in total. The van der Waals surface area contributed by atoms with Crippen LogP contribution in [0, 0.1) is 0 Å². The third-order valence-corrected chi connectivity index (χ3v) is 3.18. The van der Waals surface area contributed by atoms with Gasteiger partial charge < -0.3 is 4.21 Å². The Bertz CT molecular complexity index is 44.7. The van der Waals surface area contributed by atoms with E-state index in [0.717, 1.165) is 0 Å². The van der Waals surface area contributed by atoms with Gasteiger partial charge in [0.15, 0.2) is 8.32 Å². The third-order valence-electron chi connectivity index (χ3n) is 0.354. The van der Waals surface area contributed by atoms with Crippen LogP contribution in [0.1, 0.15) is 0 Å². The van der Waals surface area contributed by atoms with Crippen LogP contribution in [0.4, 0.5) is 0 Å². The Morgan fingerprint density at radius 2 is 1.43 bits per heavy atom. The minimum absolute atomic E-state index is 0. The van der Waals surface area contributed by atoms with Gasteiger partial charge in [0.05, 0.1) is 0 Å². The second kappa shape index (κ2) is 3.85. The number of hydrogen-bond acceptors (Lipinski definition) is 1. The van der Waals surface area contributed by atoms with E-state index < -0.39 is 8.32 Å². The number of rotatable bonds is 1. The molecule has 0 aromatic carbocycles. The Morgan fingerprint density at radius 1 is 1.29 bits per heavy atom. The van der Waals surface area contributed by atoms with Gasteiger partial charge in [0, 0.05) is 0 Å². The van der Waals surface area contributed by atoms with Gasteiger partial charge in [-0.2, -0.15) is 0 Å². The minimum Gasteiger partial charge on any atom is -0.401 e. The van der Waals surface area contributed by atoms with E-state index in [9.17, 15) is 0 Å². The fourth-order valence-corrected chi connectivity index (χ4v) is 0. The summed E-state index contributed by atoms with van der Waals surface area (Å²) in [6.45, 7) is 6.42. The first-order chi connectivity index (χ1) is 2.56. The Labute approximate surface area is 54.7 Å². The van der Waals surface area contributed by atoms with Crippen molar-refractivity contribution in [2.45, 2.75) is 19.6 Å². The molecule has 0 aliphatic rings. The summed E-state index contributed by atoms with van der Waals surface area (Å²) in [5.74, 6) is 0. The van der Waals surface area contributed by atoms with Crippen LogP contribution in [-0.2, 0) is 4.21 Å². The van der Waals surface area contributed by atoms with E-state index in [0.29, 0.717) is 0 Å². The van der Waals surface area contributed by atoms with Crippen molar-refractivity contribution in [3.05, 3.63) is 0 Å². The van der Waals surface area contributed by atoms with E-state index in [1.54, 1.807) is 0 Å². The predicted molar refractivity (Wildman–Crippen MR) is 41.4 cm³/mol.